The summed E-state index contributed by atoms with van der Waals surface area (Å²) in [5.41, 5.74) is 6.49. The van der Waals surface area contributed by atoms with Crippen molar-refractivity contribution < 1.29 is 4.74 Å². The standard InChI is InChI=1S/C13H18BrNO.ClH/c14-12-7-6-11(15)8-13(12)16-9-10-4-2-1-3-5-10;/h6-8,10H,1-5,9,15H2;1H. The Kier molecular flexibility index (Phi) is 6.14. The molecule has 1 aromatic rings. The maximum atomic E-state index is 5.83. The summed E-state index contributed by atoms with van der Waals surface area (Å²) in [6, 6.07) is 5.69. The van der Waals surface area contributed by atoms with Crippen LogP contribution >= 0.6 is 28.3 Å². The Bertz CT molecular complexity index is 353. The molecular weight excluding hydrogens is 302 g/mol. The second kappa shape index (κ2) is 7.12. The minimum absolute atomic E-state index is 0. The van der Waals surface area contributed by atoms with E-state index >= 15 is 0 Å². The summed E-state index contributed by atoms with van der Waals surface area (Å²) in [6.45, 7) is 0.821. The average molecular weight is 321 g/mol. The van der Waals surface area contributed by atoms with Gasteiger partial charge in [0.05, 0.1) is 11.1 Å². The lowest BCUT2D eigenvalue weighted by Gasteiger charge is -2.22. The fourth-order valence-corrected chi connectivity index (χ4v) is 2.55. The number of ether oxygens (including phenoxy) is 1. The number of hydrogen-bond donors (Lipinski definition) is 1. The molecule has 2 rings (SSSR count). The van der Waals surface area contributed by atoms with Gasteiger partial charge in [-0.25, -0.2) is 0 Å². The van der Waals surface area contributed by atoms with Gasteiger partial charge in [0.25, 0.3) is 0 Å². The van der Waals surface area contributed by atoms with Crippen molar-refractivity contribution in [1.29, 1.82) is 0 Å². The summed E-state index contributed by atoms with van der Waals surface area (Å²) < 4.78 is 6.81. The third kappa shape index (κ3) is 4.40. The number of halogens is 2. The second-order valence-electron chi connectivity index (χ2n) is 4.50. The van der Waals surface area contributed by atoms with Gasteiger partial charge in [-0.3, -0.25) is 0 Å². The molecular formula is C13H19BrClNO. The normalized spacial score (nSPS) is 16.3. The average Bonchev–Trinajstić information content (AvgIpc) is 2.32. The molecule has 0 radical (unpaired) electrons. The highest BCUT2D eigenvalue weighted by Crippen LogP contribution is 2.29. The summed E-state index contributed by atoms with van der Waals surface area (Å²) in [7, 11) is 0. The first-order valence-corrected chi connectivity index (χ1v) is 6.73. The summed E-state index contributed by atoms with van der Waals surface area (Å²) in [6.07, 6.45) is 6.70. The summed E-state index contributed by atoms with van der Waals surface area (Å²) in [4.78, 5) is 0. The van der Waals surface area contributed by atoms with Gasteiger partial charge in [-0.05, 0) is 46.8 Å². The number of hydrogen-bond acceptors (Lipinski definition) is 2. The van der Waals surface area contributed by atoms with Gasteiger partial charge < -0.3 is 10.5 Å². The van der Waals surface area contributed by atoms with Crippen molar-refractivity contribution in [3.63, 3.8) is 0 Å². The molecule has 1 saturated carbocycles. The number of benzene rings is 1. The molecule has 1 aliphatic carbocycles. The van der Waals surface area contributed by atoms with E-state index in [0.29, 0.717) is 0 Å². The van der Waals surface area contributed by atoms with Gasteiger partial charge in [0.1, 0.15) is 5.75 Å². The monoisotopic (exact) mass is 319 g/mol. The molecule has 4 heteroatoms. The quantitative estimate of drug-likeness (QED) is 0.837. The van der Waals surface area contributed by atoms with Gasteiger partial charge in [-0.2, -0.15) is 0 Å². The van der Waals surface area contributed by atoms with Crippen LogP contribution in [-0.4, -0.2) is 6.61 Å². The predicted octanol–water partition coefficient (Wildman–Crippen LogP) is 4.41. The lowest BCUT2D eigenvalue weighted by Crippen LogP contribution is -2.15. The van der Waals surface area contributed by atoms with Crippen LogP contribution in [0.1, 0.15) is 32.1 Å². The van der Waals surface area contributed by atoms with Crippen LogP contribution in [0.25, 0.3) is 0 Å². The van der Waals surface area contributed by atoms with E-state index in [2.05, 4.69) is 15.9 Å². The molecule has 0 heterocycles. The third-order valence-corrected chi connectivity index (χ3v) is 3.81. The molecule has 96 valence electrons. The zero-order chi connectivity index (χ0) is 11.4. The van der Waals surface area contributed by atoms with Crippen LogP contribution in [0.15, 0.2) is 22.7 Å². The smallest absolute Gasteiger partial charge is 0.135 e. The van der Waals surface area contributed by atoms with Crippen LogP contribution in [0.4, 0.5) is 5.69 Å². The molecule has 2 N–H and O–H groups in total. The van der Waals surface area contributed by atoms with E-state index in [1.54, 1.807) is 0 Å². The van der Waals surface area contributed by atoms with E-state index in [1.807, 2.05) is 18.2 Å². The Hall–Kier alpha value is -0.410. The van der Waals surface area contributed by atoms with Gasteiger partial charge >= 0.3 is 0 Å². The molecule has 17 heavy (non-hydrogen) atoms. The highest BCUT2D eigenvalue weighted by Gasteiger charge is 2.14. The van der Waals surface area contributed by atoms with Crippen LogP contribution in [-0.2, 0) is 0 Å². The zero-order valence-electron chi connectivity index (χ0n) is 9.82. The molecule has 2 nitrogen and oxygen atoms in total. The highest BCUT2D eigenvalue weighted by atomic mass is 79.9. The van der Waals surface area contributed by atoms with E-state index in [1.165, 1.54) is 32.1 Å². The fourth-order valence-electron chi connectivity index (χ4n) is 2.19. The first-order chi connectivity index (χ1) is 7.75. The highest BCUT2D eigenvalue weighted by molar-refractivity contribution is 9.10. The minimum atomic E-state index is 0. The van der Waals surface area contributed by atoms with E-state index in [-0.39, 0.29) is 12.4 Å². The zero-order valence-corrected chi connectivity index (χ0v) is 12.2. The van der Waals surface area contributed by atoms with Gasteiger partial charge in [0.15, 0.2) is 0 Å². The lowest BCUT2D eigenvalue weighted by atomic mass is 9.90. The summed E-state index contributed by atoms with van der Waals surface area (Å²) >= 11 is 3.47. The second-order valence-corrected chi connectivity index (χ2v) is 5.36. The van der Waals surface area contributed by atoms with Crippen molar-refractivity contribution in [1.82, 2.24) is 0 Å². The lowest BCUT2D eigenvalue weighted by molar-refractivity contribution is 0.208. The minimum Gasteiger partial charge on any atom is -0.492 e. The Morgan fingerprint density at radius 3 is 2.65 bits per heavy atom. The third-order valence-electron chi connectivity index (χ3n) is 3.15. The predicted molar refractivity (Wildman–Crippen MR) is 77.9 cm³/mol. The van der Waals surface area contributed by atoms with Crippen molar-refractivity contribution in [3.8, 4) is 5.75 Å². The first-order valence-electron chi connectivity index (χ1n) is 5.93. The molecule has 0 amide bonds. The van der Waals surface area contributed by atoms with Crippen molar-refractivity contribution in [2.75, 3.05) is 12.3 Å². The molecule has 1 aliphatic rings. The number of nitrogen functional groups attached to an aromatic ring is 1. The van der Waals surface area contributed by atoms with Crippen LogP contribution in [0.5, 0.6) is 5.75 Å². The van der Waals surface area contributed by atoms with Crippen LogP contribution in [0, 0.1) is 5.92 Å². The number of rotatable bonds is 3. The van der Waals surface area contributed by atoms with E-state index in [9.17, 15) is 0 Å². The van der Waals surface area contributed by atoms with E-state index in [0.717, 1.165) is 28.4 Å². The van der Waals surface area contributed by atoms with Crippen molar-refractivity contribution in [2.24, 2.45) is 5.92 Å². The van der Waals surface area contributed by atoms with Crippen molar-refractivity contribution in [2.45, 2.75) is 32.1 Å². The van der Waals surface area contributed by atoms with E-state index < -0.39 is 0 Å². The molecule has 0 aliphatic heterocycles. The first kappa shape index (κ1) is 14.7. The molecule has 0 saturated heterocycles. The van der Waals surface area contributed by atoms with Gasteiger partial charge in [-0.1, -0.05) is 19.3 Å². The molecule has 0 unspecified atom stereocenters. The number of anilines is 1. The van der Waals surface area contributed by atoms with Crippen LogP contribution in [0.3, 0.4) is 0 Å². The van der Waals surface area contributed by atoms with Gasteiger partial charge in [0.2, 0.25) is 0 Å². The molecule has 0 aromatic heterocycles. The van der Waals surface area contributed by atoms with Crippen LogP contribution < -0.4 is 10.5 Å². The molecule has 0 bridgehead atoms. The van der Waals surface area contributed by atoms with E-state index in [4.69, 9.17) is 10.5 Å². The molecule has 0 spiro atoms. The Morgan fingerprint density at radius 1 is 1.24 bits per heavy atom. The van der Waals surface area contributed by atoms with Crippen molar-refractivity contribution in [3.05, 3.63) is 22.7 Å². The summed E-state index contributed by atoms with van der Waals surface area (Å²) in [5, 5.41) is 0. The SMILES string of the molecule is Cl.Nc1ccc(Br)c(OCC2CCCCC2)c1. The van der Waals surface area contributed by atoms with Crippen LogP contribution in [0.2, 0.25) is 0 Å². The van der Waals surface area contributed by atoms with Gasteiger partial charge in [-0.15, -0.1) is 12.4 Å². The Morgan fingerprint density at radius 2 is 1.94 bits per heavy atom. The molecule has 1 aromatic carbocycles. The Labute approximate surface area is 117 Å². The largest absolute Gasteiger partial charge is 0.492 e. The molecule has 1 fully saturated rings. The maximum Gasteiger partial charge on any atom is 0.135 e. The summed E-state index contributed by atoms with van der Waals surface area (Å²) in [5.74, 6) is 1.59. The fraction of sp³-hybridized carbons (Fsp3) is 0.538. The Balaban J connectivity index is 0.00000144. The topological polar surface area (TPSA) is 35.2 Å². The number of nitrogens with two attached hydrogens (primary N) is 1. The van der Waals surface area contributed by atoms with Gasteiger partial charge in [0, 0.05) is 11.8 Å². The maximum absolute atomic E-state index is 5.83. The molecule has 0 atom stereocenters. The van der Waals surface area contributed by atoms with Crippen molar-refractivity contribution >= 4 is 34.0 Å².